The van der Waals surface area contributed by atoms with Crippen molar-refractivity contribution in [2.45, 2.75) is 58.6 Å². The summed E-state index contributed by atoms with van der Waals surface area (Å²) >= 11 is 0. The molecule has 1 spiro atoms. The van der Waals surface area contributed by atoms with E-state index in [2.05, 4.69) is 4.98 Å². The summed E-state index contributed by atoms with van der Waals surface area (Å²) in [4.78, 5) is 32.2. The zero-order valence-corrected chi connectivity index (χ0v) is 15.4. The lowest BCUT2D eigenvalue weighted by Gasteiger charge is -2.55. The van der Waals surface area contributed by atoms with Crippen LogP contribution >= 0.6 is 0 Å². The summed E-state index contributed by atoms with van der Waals surface area (Å²) in [5.41, 5.74) is -0.0858. The first-order chi connectivity index (χ1) is 11.7. The number of hydrogen-bond donors (Lipinski definition) is 1. The average Bonchev–Trinajstić information content (AvgIpc) is 2.97. The molecule has 1 N–H and O–H groups in total. The minimum Gasteiger partial charge on any atom is -0.438 e. The summed E-state index contributed by atoms with van der Waals surface area (Å²) in [6.45, 7) is 8.96. The van der Waals surface area contributed by atoms with Gasteiger partial charge in [-0.25, -0.2) is 4.98 Å². The van der Waals surface area contributed by atoms with Gasteiger partial charge in [-0.3, -0.25) is 9.59 Å². The Morgan fingerprint density at radius 3 is 2.48 bits per heavy atom. The molecule has 1 atom stereocenters. The van der Waals surface area contributed by atoms with E-state index in [0.717, 1.165) is 12.8 Å². The smallest absolute Gasteiger partial charge is 0.291 e. The van der Waals surface area contributed by atoms with Crippen LogP contribution in [0.5, 0.6) is 0 Å². The van der Waals surface area contributed by atoms with E-state index in [9.17, 15) is 14.7 Å². The quantitative estimate of drug-likeness (QED) is 0.832. The Balaban J connectivity index is 1.72. The number of aryl methyl sites for hydroxylation is 1. The van der Waals surface area contributed by atoms with Crippen molar-refractivity contribution in [3.8, 4) is 0 Å². The second-order valence-corrected chi connectivity index (χ2v) is 8.04. The third-order valence-corrected chi connectivity index (χ3v) is 6.06. The number of piperidine rings is 2. The molecule has 7 heteroatoms. The van der Waals surface area contributed by atoms with Crippen LogP contribution in [0.1, 0.15) is 56.3 Å². The lowest BCUT2D eigenvalue weighted by molar-refractivity contribution is -0.156. The molecule has 138 valence electrons. The number of carbonyl (C=O) groups excluding carboxylic acids is 2. The summed E-state index contributed by atoms with van der Waals surface area (Å²) < 4.78 is 5.21. The number of nitrogens with zero attached hydrogens (tertiary/aromatic N) is 3. The highest BCUT2D eigenvalue weighted by Crippen LogP contribution is 2.45. The number of hydrogen-bond acceptors (Lipinski definition) is 5. The topological polar surface area (TPSA) is 86.9 Å². The van der Waals surface area contributed by atoms with Gasteiger partial charge in [0.1, 0.15) is 0 Å². The lowest BCUT2D eigenvalue weighted by atomic mass is 9.67. The molecule has 2 aliphatic rings. The molecule has 25 heavy (non-hydrogen) atoms. The molecule has 2 fully saturated rings. The molecule has 3 rings (SSSR count). The molecule has 3 heterocycles. The van der Waals surface area contributed by atoms with Gasteiger partial charge in [-0.15, -0.1) is 0 Å². The first kappa shape index (κ1) is 17.9. The number of carbonyl (C=O) groups is 2. The van der Waals surface area contributed by atoms with Crippen LogP contribution < -0.4 is 0 Å². The average molecular weight is 349 g/mol. The molecule has 1 aromatic heterocycles. The zero-order chi connectivity index (χ0) is 18.4. The van der Waals surface area contributed by atoms with Crippen molar-refractivity contribution < 1.29 is 19.1 Å². The summed E-state index contributed by atoms with van der Waals surface area (Å²) in [5.74, 6) is 0.148. The maximum Gasteiger partial charge on any atom is 0.291 e. The Bertz CT molecular complexity index is 674. The summed E-state index contributed by atoms with van der Waals surface area (Å²) in [6.07, 6.45) is 2.92. The zero-order valence-electron chi connectivity index (χ0n) is 15.4. The van der Waals surface area contributed by atoms with Crippen molar-refractivity contribution in [1.29, 1.82) is 0 Å². The van der Waals surface area contributed by atoms with Gasteiger partial charge in [0.15, 0.2) is 6.39 Å². The van der Waals surface area contributed by atoms with E-state index in [1.807, 2.05) is 13.8 Å². The maximum atomic E-state index is 12.6. The van der Waals surface area contributed by atoms with Crippen LogP contribution in [0, 0.1) is 12.3 Å². The summed E-state index contributed by atoms with van der Waals surface area (Å²) in [5, 5.41) is 10.6. The molecule has 0 bridgehead atoms. The van der Waals surface area contributed by atoms with Crippen LogP contribution in [0.4, 0.5) is 0 Å². The fraction of sp³-hybridized carbons (Fsp3) is 0.722. The fourth-order valence-electron chi connectivity index (χ4n) is 4.16. The Morgan fingerprint density at radius 2 is 1.96 bits per heavy atom. The van der Waals surface area contributed by atoms with Gasteiger partial charge in [-0.2, -0.15) is 0 Å². The molecule has 0 aromatic carbocycles. The molecule has 0 radical (unpaired) electrons. The van der Waals surface area contributed by atoms with Crippen molar-refractivity contribution in [3.05, 3.63) is 17.8 Å². The number of aromatic nitrogens is 1. The number of aliphatic hydroxyl groups excluding tert-OH is 1. The standard InChI is InChI=1S/C18H27N3O4/c1-12-15(25-11-19-12)16(24)20-7-5-18(6-8-20)9-14(23)17(3,4)21(10-18)13(2)22/h11,14,23H,5-10H2,1-4H3/t14-/m1/s1. The second kappa shape index (κ2) is 6.12. The molecule has 0 unspecified atom stereocenters. The fourth-order valence-corrected chi connectivity index (χ4v) is 4.16. The number of oxazole rings is 1. The van der Waals surface area contributed by atoms with Crippen LogP contribution in [-0.2, 0) is 4.79 Å². The lowest BCUT2D eigenvalue weighted by Crippen LogP contribution is -2.64. The molecular formula is C18H27N3O4. The van der Waals surface area contributed by atoms with Gasteiger partial charge in [0.25, 0.3) is 5.91 Å². The molecule has 2 saturated heterocycles. The molecular weight excluding hydrogens is 322 g/mol. The maximum absolute atomic E-state index is 12.6. The van der Waals surface area contributed by atoms with E-state index < -0.39 is 11.6 Å². The molecule has 2 amide bonds. The number of amides is 2. The van der Waals surface area contributed by atoms with Crippen molar-refractivity contribution in [1.82, 2.24) is 14.8 Å². The SMILES string of the molecule is CC(=O)N1CC2(CCN(C(=O)c3ocnc3C)CC2)C[C@@H](O)C1(C)C. The van der Waals surface area contributed by atoms with Crippen LogP contribution in [0.25, 0.3) is 0 Å². The normalized spacial score (nSPS) is 25.2. The number of rotatable bonds is 1. The minimum atomic E-state index is -0.566. The van der Waals surface area contributed by atoms with Crippen molar-refractivity contribution in [3.63, 3.8) is 0 Å². The van der Waals surface area contributed by atoms with Gasteiger partial charge >= 0.3 is 0 Å². The van der Waals surface area contributed by atoms with E-state index in [-0.39, 0.29) is 17.2 Å². The first-order valence-electron chi connectivity index (χ1n) is 8.82. The largest absolute Gasteiger partial charge is 0.438 e. The van der Waals surface area contributed by atoms with Gasteiger partial charge in [-0.05, 0) is 45.4 Å². The van der Waals surface area contributed by atoms with Gasteiger partial charge in [-0.1, -0.05) is 0 Å². The Morgan fingerprint density at radius 1 is 1.32 bits per heavy atom. The monoisotopic (exact) mass is 349 g/mol. The molecule has 0 aliphatic carbocycles. The minimum absolute atomic E-state index is 0.0149. The Labute approximate surface area is 148 Å². The van der Waals surface area contributed by atoms with Crippen molar-refractivity contribution in [2.24, 2.45) is 5.41 Å². The number of aliphatic hydroxyl groups is 1. The predicted octanol–water partition coefficient (Wildman–Crippen LogP) is 1.60. The molecule has 7 nitrogen and oxygen atoms in total. The Kier molecular flexibility index (Phi) is 4.39. The van der Waals surface area contributed by atoms with E-state index in [4.69, 9.17) is 4.42 Å². The first-order valence-corrected chi connectivity index (χ1v) is 8.82. The van der Waals surface area contributed by atoms with Crippen molar-refractivity contribution in [2.75, 3.05) is 19.6 Å². The van der Waals surface area contributed by atoms with E-state index >= 15 is 0 Å². The van der Waals surface area contributed by atoms with Gasteiger partial charge in [0, 0.05) is 26.6 Å². The molecule has 1 aromatic rings. The van der Waals surface area contributed by atoms with Crippen LogP contribution in [0.15, 0.2) is 10.8 Å². The van der Waals surface area contributed by atoms with E-state index in [1.165, 1.54) is 6.39 Å². The third-order valence-electron chi connectivity index (χ3n) is 6.06. The van der Waals surface area contributed by atoms with Crippen LogP contribution in [0.2, 0.25) is 0 Å². The highest BCUT2D eigenvalue weighted by Gasteiger charge is 2.50. The highest BCUT2D eigenvalue weighted by molar-refractivity contribution is 5.92. The van der Waals surface area contributed by atoms with Gasteiger partial charge in [0.2, 0.25) is 11.7 Å². The highest BCUT2D eigenvalue weighted by atomic mass is 16.3. The Hall–Kier alpha value is -1.89. The summed E-state index contributed by atoms with van der Waals surface area (Å²) in [7, 11) is 0. The van der Waals surface area contributed by atoms with Crippen LogP contribution in [-0.4, -0.2) is 63.0 Å². The van der Waals surface area contributed by atoms with Gasteiger partial charge in [0.05, 0.1) is 17.3 Å². The molecule has 0 saturated carbocycles. The second-order valence-electron chi connectivity index (χ2n) is 8.04. The molecule has 2 aliphatic heterocycles. The van der Waals surface area contributed by atoms with Crippen LogP contribution in [0.3, 0.4) is 0 Å². The van der Waals surface area contributed by atoms with Crippen molar-refractivity contribution >= 4 is 11.8 Å². The summed E-state index contributed by atoms with van der Waals surface area (Å²) in [6, 6.07) is 0. The predicted molar refractivity (Wildman–Crippen MR) is 90.9 cm³/mol. The third kappa shape index (κ3) is 3.05. The van der Waals surface area contributed by atoms with Gasteiger partial charge < -0.3 is 19.3 Å². The van der Waals surface area contributed by atoms with E-state index in [0.29, 0.717) is 37.5 Å². The van der Waals surface area contributed by atoms with E-state index in [1.54, 1.807) is 23.6 Å². The number of likely N-dealkylation sites (tertiary alicyclic amines) is 2.